The Balaban J connectivity index is 2.03. The Bertz CT molecular complexity index is 399. The molecule has 1 saturated carbocycles. The van der Waals surface area contributed by atoms with Gasteiger partial charge in [0.05, 0.1) is 0 Å². The zero-order valence-corrected chi connectivity index (χ0v) is 9.99. The first-order chi connectivity index (χ1) is 7.82. The van der Waals surface area contributed by atoms with Crippen LogP contribution in [0.2, 0.25) is 0 Å². The van der Waals surface area contributed by atoms with E-state index in [-0.39, 0.29) is 19.4 Å². The third kappa shape index (κ3) is 2.63. The highest BCUT2D eigenvalue weighted by Crippen LogP contribution is 2.49. The number of aryl methyl sites for hydroxylation is 2. The minimum atomic E-state index is -4.13. The average Bonchev–Trinajstić information content (AvgIpc) is 2.92. The summed E-state index contributed by atoms with van der Waals surface area (Å²) in [4.78, 5) is 0. The van der Waals surface area contributed by atoms with Crippen LogP contribution in [0.5, 0.6) is 0 Å². The summed E-state index contributed by atoms with van der Waals surface area (Å²) in [6.45, 7) is 4.18. The molecule has 1 nitrogen and oxygen atoms in total. The number of benzene rings is 1. The minimum Gasteiger partial charge on any atom is -0.299 e. The molecule has 1 aromatic rings. The second-order valence-electron chi connectivity index (χ2n) is 4.93. The fourth-order valence-electron chi connectivity index (χ4n) is 2.13. The number of rotatable bonds is 3. The molecule has 17 heavy (non-hydrogen) atoms. The van der Waals surface area contributed by atoms with E-state index in [4.69, 9.17) is 0 Å². The van der Waals surface area contributed by atoms with Crippen molar-refractivity contribution in [2.24, 2.45) is 0 Å². The van der Waals surface area contributed by atoms with Gasteiger partial charge in [0, 0.05) is 6.54 Å². The van der Waals surface area contributed by atoms with Gasteiger partial charge in [0.1, 0.15) is 5.54 Å². The summed E-state index contributed by atoms with van der Waals surface area (Å²) in [6.07, 6.45) is -3.74. The highest BCUT2D eigenvalue weighted by molar-refractivity contribution is 5.28. The second-order valence-corrected chi connectivity index (χ2v) is 4.93. The predicted molar refractivity (Wildman–Crippen MR) is 60.8 cm³/mol. The lowest BCUT2D eigenvalue weighted by Gasteiger charge is -2.21. The van der Waals surface area contributed by atoms with Crippen LogP contribution in [0.15, 0.2) is 18.2 Å². The topological polar surface area (TPSA) is 12.0 Å². The van der Waals surface area contributed by atoms with Crippen LogP contribution in [-0.4, -0.2) is 11.7 Å². The molecule has 4 heteroatoms. The smallest absolute Gasteiger partial charge is 0.299 e. The first kappa shape index (κ1) is 12.4. The van der Waals surface area contributed by atoms with E-state index >= 15 is 0 Å². The molecule has 0 spiro atoms. The molecule has 1 aliphatic carbocycles. The molecule has 0 aromatic heterocycles. The highest BCUT2D eigenvalue weighted by atomic mass is 19.4. The number of halogens is 3. The Morgan fingerprint density at radius 3 is 2.06 bits per heavy atom. The maximum Gasteiger partial charge on any atom is 0.406 e. The maximum absolute atomic E-state index is 12.7. The highest BCUT2D eigenvalue weighted by Gasteiger charge is 2.62. The molecule has 94 valence electrons. The standard InChI is InChI=1S/C13H16F3N/c1-9-5-10(2)7-11(6-9)8-17-12(3-4-12)13(14,15)16/h5-7,17H,3-4,8H2,1-2H3. The molecule has 1 aromatic carbocycles. The summed E-state index contributed by atoms with van der Waals surface area (Å²) >= 11 is 0. The Morgan fingerprint density at radius 2 is 1.65 bits per heavy atom. The minimum absolute atomic E-state index is 0.196. The van der Waals surface area contributed by atoms with Crippen LogP contribution in [0.4, 0.5) is 13.2 Å². The van der Waals surface area contributed by atoms with Crippen molar-refractivity contribution in [2.45, 2.75) is 44.9 Å². The molecule has 0 aliphatic heterocycles. The molecule has 2 rings (SSSR count). The van der Waals surface area contributed by atoms with Crippen LogP contribution in [0.25, 0.3) is 0 Å². The molecule has 0 amide bonds. The van der Waals surface area contributed by atoms with Gasteiger partial charge in [-0.1, -0.05) is 29.3 Å². The van der Waals surface area contributed by atoms with Crippen molar-refractivity contribution in [3.05, 3.63) is 34.9 Å². The zero-order valence-electron chi connectivity index (χ0n) is 9.99. The van der Waals surface area contributed by atoms with Gasteiger partial charge in [-0.25, -0.2) is 0 Å². The summed E-state index contributed by atoms with van der Waals surface area (Å²) in [5.74, 6) is 0. The lowest BCUT2D eigenvalue weighted by Crippen LogP contribution is -2.44. The van der Waals surface area contributed by atoms with Crippen molar-refractivity contribution >= 4 is 0 Å². The van der Waals surface area contributed by atoms with E-state index < -0.39 is 11.7 Å². The van der Waals surface area contributed by atoms with Gasteiger partial charge in [0.2, 0.25) is 0 Å². The van der Waals surface area contributed by atoms with E-state index in [9.17, 15) is 13.2 Å². The van der Waals surface area contributed by atoms with Crippen LogP contribution >= 0.6 is 0 Å². The van der Waals surface area contributed by atoms with E-state index in [1.165, 1.54) is 0 Å². The quantitative estimate of drug-likeness (QED) is 0.857. The molecule has 0 saturated heterocycles. The Morgan fingerprint density at radius 1 is 1.12 bits per heavy atom. The first-order valence-corrected chi connectivity index (χ1v) is 5.71. The molecule has 1 fully saturated rings. The van der Waals surface area contributed by atoms with Gasteiger partial charge in [0.15, 0.2) is 0 Å². The predicted octanol–water partition coefficient (Wildman–Crippen LogP) is 3.49. The van der Waals surface area contributed by atoms with Gasteiger partial charge in [-0.3, -0.25) is 5.32 Å². The largest absolute Gasteiger partial charge is 0.406 e. The second kappa shape index (κ2) is 4.02. The van der Waals surface area contributed by atoms with E-state index in [0.29, 0.717) is 0 Å². The average molecular weight is 243 g/mol. The summed E-state index contributed by atoms with van der Waals surface area (Å²) in [5, 5.41) is 2.66. The van der Waals surface area contributed by atoms with Crippen LogP contribution in [0.1, 0.15) is 29.5 Å². The summed E-state index contributed by atoms with van der Waals surface area (Å²) < 4.78 is 38.1. The monoisotopic (exact) mass is 243 g/mol. The van der Waals surface area contributed by atoms with Gasteiger partial charge in [0.25, 0.3) is 0 Å². The van der Waals surface area contributed by atoms with Crippen LogP contribution in [-0.2, 0) is 6.54 Å². The molecule has 0 bridgehead atoms. The van der Waals surface area contributed by atoms with Crippen molar-refractivity contribution in [3.8, 4) is 0 Å². The van der Waals surface area contributed by atoms with Crippen molar-refractivity contribution in [3.63, 3.8) is 0 Å². The Labute approximate surface area is 99.0 Å². The summed E-state index contributed by atoms with van der Waals surface area (Å²) in [7, 11) is 0. The van der Waals surface area contributed by atoms with Crippen molar-refractivity contribution < 1.29 is 13.2 Å². The number of hydrogen-bond acceptors (Lipinski definition) is 1. The fourth-order valence-corrected chi connectivity index (χ4v) is 2.13. The van der Waals surface area contributed by atoms with Crippen LogP contribution in [0.3, 0.4) is 0 Å². The normalized spacial score (nSPS) is 18.2. The van der Waals surface area contributed by atoms with Crippen molar-refractivity contribution in [1.29, 1.82) is 0 Å². The Hall–Kier alpha value is -1.03. The lowest BCUT2D eigenvalue weighted by molar-refractivity contribution is -0.166. The molecule has 0 radical (unpaired) electrons. The van der Waals surface area contributed by atoms with E-state index in [1.807, 2.05) is 32.0 Å². The summed E-state index contributed by atoms with van der Waals surface area (Å²) in [6, 6.07) is 5.86. The summed E-state index contributed by atoms with van der Waals surface area (Å²) in [5.41, 5.74) is 1.46. The molecular formula is C13H16F3N. The van der Waals surface area contributed by atoms with E-state index in [2.05, 4.69) is 5.32 Å². The zero-order chi connectivity index (χ0) is 12.7. The van der Waals surface area contributed by atoms with Gasteiger partial charge in [-0.2, -0.15) is 13.2 Å². The molecule has 0 heterocycles. The van der Waals surface area contributed by atoms with Gasteiger partial charge < -0.3 is 0 Å². The van der Waals surface area contributed by atoms with Gasteiger partial charge in [-0.15, -0.1) is 0 Å². The van der Waals surface area contributed by atoms with Crippen LogP contribution < -0.4 is 5.32 Å². The molecular weight excluding hydrogens is 227 g/mol. The first-order valence-electron chi connectivity index (χ1n) is 5.71. The van der Waals surface area contributed by atoms with E-state index in [1.54, 1.807) is 0 Å². The van der Waals surface area contributed by atoms with Crippen molar-refractivity contribution in [2.75, 3.05) is 0 Å². The molecule has 1 N–H and O–H groups in total. The van der Waals surface area contributed by atoms with E-state index in [0.717, 1.165) is 16.7 Å². The third-order valence-electron chi connectivity index (χ3n) is 3.21. The number of hydrogen-bond donors (Lipinski definition) is 1. The van der Waals surface area contributed by atoms with Crippen LogP contribution in [0, 0.1) is 13.8 Å². The maximum atomic E-state index is 12.7. The molecule has 0 unspecified atom stereocenters. The number of alkyl halides is 3. The fraction of sp³-hybridized carbons (Fsp3) is 0.538. The van der Waals surface area contributed by atoms with Gasteiger partial charge >= 0.3 is 6.18 Å². The SMILES string of the molecule is Cc1cc(C)cc(CNC2(C(F)(F)F)CC2)c1. The number of nitrogens with one attached hydrogen (secondary N) is 1. The molecule has 0 atom stereocenters. The Kier molecular flexibility index (Phi) is 2.94. The lowest BCUT2D eigenvalue weighted by atomic mass is 10.1. The molecule has 1 aliphatic rings. The van der Waals surface area contributed by atoms with Crippen molar-refractivity contribution in [1.82, 2.24) is 5.32 Å². The van der Waals surface area contributed by atoms with Gasteiger partial charge in [-0.05, 0) is 32.3 Å². The third-order valence-corrected chi connectivity index (χ3v) is 3.21.